The van der Waals surface area contributed by atoms with Gasteiger partial charge in [-0.25, -0.2) is 8.42 Å². The number of rotatable bonds is 5. The number of aryl methyl sites for hydroxylation is 1. The third-order valence-corrected chi connectivity index (χ3v) is 3.87. The molecule has 2 rings (SSSR count). The van der Waals surface area contributed by atoms with Crippen LogP contribution in [0.5, 0.6) is 0 Å². The van der Waals surface area contributed by atoms with Gasteiger partial charge in [0, 0.05) is 31.5 Å². The summed E-state index contributed by atoms with van der Waals surface area (Å²) in [7, 11) is -1.86. The van der Waals surface area contributed by atoms with Crippen LogP contribution in [0.2, 0.25) is 0 Å². The number of aromatic nitrogens is 2. The lowest BCUT2D eigenvalue weighted by Crippen LogP contribution is -2.13. The Hall–Kier alpha value is -2.02. The molecular formula is C12H16N4O2S. The molecule has 0 aliphatic carbocycles. The van der Waals surface area contributed by atoms with Crippen molar-refractivity contribution in [3.05, 3.63) is 36.5 Å². The highest BCUT2D eigenvalue weighted by Crippen LogP contribution is 2.16. The number of hydrogen-bond donors (Lipinski definition) is 2. The molecule has 0 bridgehead atoms. The maximum absolute atomic E-state index is 12.1. The SMILES string of the molecule is CCNc1ccc(S(=O)(=O)Nc2ccn(C)n2)cc1. The summed E-state index contributed by atoms with van der Waals surface area (Å²) in [4.78, 5) is 0.208. The number of sulfonamides is 1. The summed E-state index contributed by atoms with van der Waals surface area (Å²) in [6, 6.07) is 8.18. The van der Waals surface area contributed by atoms with Crippen molar-refractivity contribution in [2.24, 2.45) is 7.05 Å². The molecule has 7 heteroatoms. The number of anilines is 2. The molecule has 102 valence electrons. The van der Waals surface area contributed by atoms with Crippen molar-refractivity contribution in [2.45, 2.75) is 11.8 Å². The van der Waals surface area contributed by atoms with Crippen LogP contribution in [0.3, 0.4) is 0 Å². The topological polar surface area (TPSA) is 76.0 Å². The molecular weight excluding hydrogens is 264 g/mol. The summed E-state index contributed by atoms with van der Waals surface area (Å²) < 4.78 is 28.2. The van der Waals surface area contributed by atoms with Gasteiger partial charge in [-0.3, -0.25) is 9.40 Å². The molecule has 0 saturated carbocycles. The van der Waals surface area contributed by atoms with E-state index in [2.05, 4.69) is 15.1 Å². The quantitative estimate of drug-likeness (QED) is 0.873. The fraction of sp³-hybridized carbons (Fsp3) is 0.250. The van der Waals surface area contributed by atoms with Crippen molar-refractivity contribution in [3.63, 3.8) is 0 Å². The predicted molar refractivity (Wildman–Crippen MR) is 74.6 cm³/mol. The van der Waals surface area contributed by atoms with Gasteiger partial charge >= 0.3 is 0 Å². The second-order valence-electron chi connectivity index (χ2n) is 4.03. The van der Waals surface area contributed by atoms with Gasteiger partial charge in [0.25, 0.3) is 10.0 Å². The second-order valence-corrected chi connectivity index (χ2v) is 5.72. The van der Waals surface area contributed by atoms with Gasteiger partial charge in [-0.05, 0) is 31.2 Å². The molecule has 0 spiro atoms. The van der Waals surface area contributed by atoms with Crippen LogP contribution in [0.1, 0.15) is 6.92 Å². The Kier molecular flexibility index (Phi) is 3.75. The van der Waals surface area contributed by atoms with E-state index in [0.717, 1.165) is 12.2 Å². The Bertz CT molecular complexity index is 647. The fourth-order valence-electron chi connectivity index (χ4n) is 1.62. The smallest absolute Gasteiger partial charge is 0.263 e. The van der Waals surface area contributed by atoms with Crippen molar-refractivity contribution < 1.29 is 8.42 Å². The summed E-state index contributed by atoms with van der Waals surface area (Å²) in [5.41, 5.74) is 0.888. The van der Waals surface area contributed by atoms with E-state index < -0.39 is 10.0 Å². The van der Waals surface area contributed by atoms with E-state index in [0.29, 0.717) is 5.82 Å². The Labute approximate surface area is 112 Å². The number of nitrogens with one attached hydrogen (secondary N) is 2. The highest BCUT2D eigenvalue weighted by molar-refractivity contribution is 7.92. The zero-order valence-electron chi connectivity index (χ0n) is 10.8. The zero-order chi connectivity index (χ0) is 13.9. The van der Waals surface area contributed by atoms with Gasteiger partial charge < -0.3 is 5.32 Å². The van der Waals surface area contributed by atoms with Gasteiger partial charge in [-0.15, -0.1) is 0 Å². The Morgan fingerprint density at radius 2 is 1.89 bits per heavy atom. The third kappa shape index (κ3) is 3.25. The normalized spacial score (nSPS) is 11.3. The summed E-state index contributed by atoms with van der Waals surface area (Å²) in [5, 5.41) is 7.09. The van der Waals surface area contributed by atoms with Crippen LogP contribution >= 0.6 is 0 Å². The molecule has 0 aliphatic heterocycles. The highest BCUT2D eigenvalue weighted by atomic mass is 32.2. The molecule has 0 amide bonds. The first-order chi connectivity index (χ1) is 9.01. The molecule has 1 aromatic heterocycles. The Morgan fingerprint density at radius 3 is 2.42 bits per heavy atom. The molecule has 6 nitrogen and oxygen atoms in total. The molecule has 19 heavy (non-hydrogen) atoms. The largest absolute Gasteiger partial charge is 0.385 e. The molecule has 1 heterocycles. The molecule has 0 fully saturated rings. The minimum Gasteiger partial charge on any atom is -0.385 e. The number of benzene rings is 1. The maximum Gasteiger partial charge on any atom is 0.263 e. The van der Waals surface area contributed by atoms with Crippen LogP contribution in [-0.4, -0.2) is 24.7 Å². The van der Waals surface area contributed by atoms with E-state index >= 15 is 0 Å². The van der Waals surface area contributed by atoms with Crippen LogP contribution < -0.4 is 10.0 Å². The third-order valence-electron chi connectivity index (χ3n) is 2.50. The van der Waals surface area contributed by atoms with Crippen LogP contribution in [0.15, 0.2) is 41.4 Å². The van der Waals surface area contributed by atoms with Crippen molar-refractivity contribution >= 4 is 21.5 Å². The van der Waals surface area contributed by atoms with E-state index in [-0.39, 0.29) is 4.90 Å². The van der Waals surface area contributed by atoms with Crippen molar-refractivity contribution in [1.82, 2.24) is 9.78 Å². The zero-order valence-corrected chi connectivity index (χ0v) is 11.6. The van der Waals surface area contributed by atoms with E-state index in [1.165, 1.54) is 4.68 Å². The van der Waals surface area contributed by atoms with Gasteiger partial charge in [-0.2, -0.15) is 5.10 Å². The first kappa shape index (κ1) is 13.4. The van der Waals surface area contributed by atoms with E-state index in [4.69, 9.17) is 0 Å². The lowest BCUT2D eigenvalue weighted by molar-refractivity contribution is 0.601. The Balaban J connectivity index is 2.19. The van der Waals surface area contributed by atoms with Gasteiger partial charge in [0.1, 0.15) is 0 Å². The van der Waals surface area contributed by atoms with Gasteiger partial charge in [-0.1, -0.05) is 0 Å². The van der Waals surface area contributed by atoms with Crippen molar-refractivity contribution in [2.75, 3.05) is 16.6 Å². The second kappa shape index (κ2) is 5.31. The number of hydrogen-bond acceptors (Lipinski definition) is 4. The van der Waals surface area contributed by atoms with Crippen molar-refractivity contribution in [3.8, 4) is 0 Å². The molecule has 0 atom stereocenters. The summed E-state index contributed by atoms with van der Waals surface area (Å²) in [6.07, 6.45) is 1.67. The summed E-state index contributed by atoms with van der Waals surface area (Å²) >= 11 is 0. The van der Waals surface area contributed by atoms with Crippen molar-refractivity contribution in [1.29, 1.82) is 0 Å². The molecule has 0 saturated heterocycles. The molecule has 0 aliphatic rings. The minimum absolute atomic E-state index is 0.208. The van der Waals surface area contributed by atoms with E-state index in [1.807, 2.05) is 6.92 Å². The highest BCUT2D eigenvalue weighted by Gasteiger charge is 2.15. The molecule has 1 aromatic carbocycles. The van der Waals surface area contributed by atoms with Gasteiger partial charge in [0.15, 0.2) is 5.82 Å². The maximum atomic E-state index is 12.1. The van der Waals surface area contributed by atoms with Crippen LogP contribution in [0.25, 0.3) is 0 Å². The first-order valence-electron chi connectivity index (χ1n) is 5.87. The van der Waals surface area contributed by atoms with E-state index in [1.54, 1.807) is 43.6 Å². The summed E-state index contributed by atoms with van der Waals surface area (Å²) in [5.74, 6) is 0.304. The van der Waals surface area contributed by atoms with Gasteiger partial charge in [0.05, 0.1) is 4.90 Å². The minimum atomic E-state index is -3.59. The molecule has 2 aromatic rings. The lowest BCUT2D eigenvalue weighted by atomic mass is 10.3. The average Bonchev–Trinajstić information content (AvgIpc) is 2.75. The van der Waals surface area contributed by atoms with Crippen LogP contribution in [0, 0.1) is 0 Å². The molecule has 0 unspecified atom stereocenters. The first-order valence-corrected chi connectivity index (χ1v) is 7.36. The van der Waals surface area contributed by atoms with Crippen LogP contribution in [-0.2, 0) is 17.1 Å². The molecule has 2 N–H and O–H groups in total. The fourth-order valence-corrected chi connectivity index (χ4v) is 2.62. The predicted octanol–water partition coefficient (Wildman–Crippen LogP) is 1.65. The van der Waals surface area contributed by atoms with Gasteiger partial charge in [0.2, 0.25) is 0 Å². The standard InChI is InChI=1S/C12H16N4O2S/c1-3-13-10-4-6-11(7-5-10)19(17,18)15-12-8-9-16(2)14-12/h4-9,13H,3H2,1-2H3,(H,14,15). The molecule has 0 radical (unpaired) electrons. The summed E-state index contributed by atoms with van der Waals surface area (Å²) in [6.45, 7) is 2.77. The lowest BCUT2D eigenvalue weighted by Gasteiger charge is -2.07. The van der Waals surface area contributed by atoms with Crippen LogP contribution in [0.4, 0.5) is 11.5 Å². The monoisotopic (exact) mass is 280 g/mol. The van der Waals surface area contributed by atoms with E-state index in [9.17, 15) is 8.42 Å². The average molecular weight is 280 g/mol. The number of nitrogens with zero attached hydrogens (tertiary/aromatic N) is 2. The Morgan fingerprint density at radius 1 is 1.21 bits per heavy atom.